The first-order valence-electron chi connectivity index (χ1n) is 5.57. The van der Waals surface area contributed by atoms with Crippen LogP contribution in [0.2, 0.25) is 0 Å². The molecule has 1 aromatic rings. The van der Waals surface area contributed by atoms with Gasteiger partial charge >= 0.3 is 0 Å². The molecule has 1 rings (SSSR count). The third-order valence-corrected chi connectivity index (χ3v) is 2.77. The lowest BCUT2D eigenvalue weighted by Gasteiger charge is -2.18. The van der Waals surface area contributed by atoms with E-state index in [1.807, 2.05) is 13.0 Å². The number of methoxy groups -OCH3 is 1. The van der Waals surface area contributed by atoms with Crippen LogP contribution in [0, 0.1) is 13.8 Å². The molecule has 3 nitrogen and oxygen atoms in total. The third kappa shape index (κ3) is 2.97. The minimum Gasteiger partial charge on any atom is -0.496 e. The fourth-order valence-electron chi connectivity index (χ4n) is 1.64. The van der Waals surface area contributed by atoms with E-state index in [0.717, 1.165) is 11.3 Å². The van der Waals surface area contributed by atoms with Gasteiger partial charge in [-0.05, 0) is 44.0 Å². The summed E-state index contributed by atoms with van der Waals surface area (Å²) in [7, 11) is 1.68. The Morgan fingerprint density at radius 1 is 1.25 bits per heavy atom. The smallest absolute Gasteiger partial charge is 0.124 e. The lowest BCUT2D eigenvalue weighted by molar-refractivity contribution is 0.0699. The topological polar surface area (TPSA) is 44.5 Å². The maximum absolute atomic E-state index is 5.61. The maximum atomic E-state index is 5.61. The molecule has 1 atom stereocenters. The van der Waals surface area contributed by atoms with E-state index in [4.69, 9.17) is 15.2 Å². The highest BCUT2D eigenvalue weighted by Crippen LogP contribution is 2.30. The molecule has 0 aliphatic rings. The van der Waals surface area contributed by atoms with Crippen LogP contribution in [0.3, 0.4) is 0 Å². The Morgan fingerprint density at radius 3 is 2.44 bits per heavy atom. The summed E-state index contributed by atoms with van der Waals surface area (Å²) in [5, 5.41) is 0. The molecule has 0 aromatic heterocycles. The molecule has 1 unspecified atom stereocenters. The number of rotatable bonds is 5. The van der Waals surface area contributed by atoms with Crippen molar-refractivity contribution in [1.82, 2.24) is 0 Å². The predicted molar refractivity (Wildman–Crippen MR) is 65.9 cm³/mol. The Hall–Kier alpha value is -1.06. The molecule has 0 radical (unpaired) electrons. The van der Waals surface area contributed by atoms with Crippen molar-refractivity contribution in [2.24, 2.45) is 5.73 Å². The molecule has 0 saturated carbocycles. The van der Waals surface area contributed by atoms with Gasteiger partial charge in [0.15, 0.2) is 0 Å². The second kappa shape index (κ2) is 5.87. The van der Waals surface area contributed by atoms with E-state index < -0.39 is 0 Å². The van der Waals surface area contributed by atoms with Crippen LogP contribution in [0.5, 0.6) is 5.75 Å². The van der Waals surface area contributed by atoms with E-state index >= 15 is 0 Å². The molecule has 0 heterocycles. The first-order valence-corrected chi connectivity index (χ1v) is 5.57. The number of ether oxygens (including phenoxy) is 2. The van der Waals surface area contributed by atoms with Gasteiger partial charge in [0.2, 0.25) is 0 Å². The van der Waals surface area contributed by atoms with Crippen LogP contribution in [-0.2, 0) is 4.74 Å². The second-order valence-corrected chi connectivity index (χ2v) is 3.98. The van der Waals surface area contributed by atoms with Crippen molar-refractivity contribution in [2.75, 3.05) is 20.3 Å². The predicted octanol–water partition coefficient (Wildman–Crippen LogP) is 2.35. The third-order valence-electron chi connectivity index (χ3n) is 2.77. The average Bonchev–Trinajstić information content (AvgIpc) is 2.28. The van der Waals surface area contributed by atoms with Crippen molar-refractivity contribution in [3.63, 3.8) is 0 Å². The molecule has 16 heavy (non-hydrogen) atoms. The fourth-order valence-corrected chi connectivity index (χ4v) is 1.64. The maximum Gasteiger partial charge on any atom is 0.124 e. The van der Waals surface area contributed by atoms with Crippen LogP contribution < -0.4 is 10.5 Å². The van der Waals surface area contributed by atoms with Gasteiger partial charge in [0.25, 0.3) is 0 Å². The number of hydrogen-bond donors (Lipinski definition) is 1. The van der Waals surface area contributed by atoms with Gasteiger partial charge in [-0.2, -0.15) is 0 Å². The van der Waals surface area contributed by atoms with Crippen LogP contribution in [0.25, 0.3) is 0 Å². The number of nitrogens with two attached hydrogens (primary N) is 1. The normalized spacial score (nSPS) is 12.6. The Bertz CT molecular complexity index is 350. The Balaban J connectivity index is 2.96. The standard InChI is InChI=1S/C13H21NO2/c1-9-7-12(11(3)16-6-5-14)13(15-4)8-10(9)2/h7-8,11H,5-6,14H2,1-4H3. The monoisotopic (exact) mass is 223 g/mol. The molecule has 1 aromatic carbocycles. The van der Waals surface area contributed by atoms with E-state index in [1.165, 1.54) is 11.1 Å². The molecule has 0 amide bonds. The van der Waals surface area contributed by atoms with Crippen LogP contribution >= 0.6 is 0 Å². The Morgan fingerprint density at radius 2 is 1.88 bits per heavy atom. The van der Waals surface area contributed by atoms with E-state index in [0.29, 0.717) is 13.2 Å². The SMILES string of the molecule is COc1cc(C)c(C)cc1C(C)OCCN. The zero-order valence-electron chi connectivity index (χ0n) is 10.5. The van der Waals surface area contributed by atoms with Crippen molar-refractivity contribution >= 4 is 0 Å². The average molecular weight is 223 g/mol. The molecule has 0 aliphatic heterocycles. The minimum atomic E-state index is 0.0119. The summed E-state index contributed by atoms with van der Waals surface area (Å²) in [5.41, 5.74) is 8.98. The van der Waals surface area contributed by atoms with Gasteiger partial charge in [-0.1, -0.05) is 0 Å². The lowest BCUT2D eigenvalue weighted by Crippen LogP contribution is -2.11. The molecule has 0 saturated heterocycles. The van der Waals surface area contributed by atoms with Crippen molar-refractivity contribution < 1.29 is 9.47 Å². The molecule has 0 spiro atoms. The van der Waals surface area contributed by atoms with E-state index in [-0.39, 0.29) is 6.10 Å². The lowest BCUT2D eigenvalue weighted by atomic mass is 10.0. The quantitative estimate of drug-likeness (QED) is 0.833. The summed E-state index contributed by atoms with van der Waals surface area (Å²) >= 11 is 0. The molecule has 0 bridgehead atoms. The molecule has 0 fully saturated rings. The second-order valence-electron chi connectivity index (χ2n) is 3.98. The summed E-state index contributed by atoms with van der Waals surface area (Å²) in [6, 6.07) is 4.17. The molecular formula is C13H21NO2. The first-order chi connectivity index (χ1) is 7.60. The molecule has 0 aliphatic carbocycles. The van der Waals surface area contributed by atoms with Gasteiger partial charge in [0, 0.05) is 12.1 Å². The van der Waals surface area contributed by atoms with Gasteiger partial charge in [-0.15, -0.1) is 0 Å². The van der Waals surface area contributed by atoms with Crippen molar-refractivity contribution in [2.45, 2.75) is 26.9 Å². The van der Waals surface area contributed by atoms with E-state index in [9.17, 15) is 0 Å². The van der Waals surface area contributed by atoms with Gasteiger partial charge in [0.1, 0.15) is 5.75 Å². The van der Waals surface area contributed by atoms with Crippen molar-refractivity contribution in [3.8, 4) is 5.75 Å². The van der Waals surface area contributed by atoms with Crippen LogP contribution in [0.4, 0.5) is 0 Å². The largest absolute Gasteiger partial charge is 0.496 e. The molecule has 3 heteroatoms. The molecule has 2 N–H and O–H groups in total. The number of benzene rings is 1. The summed E-state index contributed by atoms with van der Waals surface area (Å²) in [6.45, 7) is 7.29. The van der Waals surface area contributed by atoms with Gasteiger partial charge in [-0.3, -0.25) is 0 Å². The zero-order chi connectivity index (χ0) is 12.1. The zero-order valence-corrected chi connectivity index (χ0v) is 10.5. The van der Waals surface area contributed by atoms with Gasteiger partial charge < -0.3 is 15.2 Å². The van der Waals surface area contributed by atoms with E-state index in [1.54, 1.807) is 7.11 Å². The van der Waals surface area contributed by atoms with Crippen LogP contribution in [0.15, 0.2) is 12.1 Å². The number of hydrogen-bond acceptors (Lipinski definition) is 3. The highest BCUT2D eigenvalue weighted by atomic mass is 16.5. The summed E-state index contributed by atoms with van der Waals surface area (Å²) in [5.74, 6) is 0.882. The van der Waals surface area contributed by atoms with Crippen LogP contribution in [0.1, 0.15) is 29.7 Å². The first kappa shape index (κ1) is 13.0. The van der Waals surface area contributed by atoms with Crippen LogP contribution in [-0.4, -0.2) is 20.3 Å². The molecule has 90 valence electrons. The van der Waals surface area contributed by atoms with Crippen molar-refractivity contribution in [1.29, 1.82) is 0 Å². The summed E-state index contributed by atoms with van der Waals surface area (Å²) < 4.78 is 11.0. The molecular weight excluding hydrogens is 202 g/mol. The highest BCUT2D eigenvalue weighted by Gasteiger charge is 2.13. The summed E-state index contributed by atoms with van der Waals surface area (Å²) in [6.07, 6.45) is 0.0119. The van der Waals surface area contributed by atoms with E-state index in [2.05, 4.69) is 19.9 Å². The minimum absolute atomic E-state index is 0.0119. The number of aryl methyl sites for hydroxylation is 2. The van der Waals surface area contributed by atoms with Crippen molar-refractivity contribution in [3.05, 3.63) is 28.8 Å². The Labute approximate surface area is 97.6 Å². The fraction of sp³-hybridized carbons (Fsp3) is 0.538. The van der Waals surface area contributed by atoms with Gasteiger partial charge in [-0.25, -0.2) is 0 Å². The van der Waals surface area contributed by atoms with Gasteiger partial charge in [0.05, 0.1) is 19.8 Å². The highest BCUT2D eigenvalue weighted by molar-refractivity contribution is 5.42. The summed E-state index contributed by atoms with van der Waals surface area (Å²) in [4.78, 5) is 0. The Kier molecular flexibility index (Phi) is 4.77.